The highest BCUT2D eigenvalue weighted by atomic mass is 32.2. The van der Waals surface area contributed by atoms with Gasteiger partial charge in [-0.1, -0.05) is 12.1 Å². The average molecular weight is 267 g/mol. The van der Waals surface area contributed by atoms with Gasteiger partial charge in [0.25, 0.3) is 0 Å². The highest BCUT2D eigenvalue weighted by Gasteiger charge is 2.51. The second-order valence-corrected chi connectivity index (χ2v) is 6.93. The maximum absolute atomic E-state index is 11.8. The van der Waals surface area contributed by atoms with Gasteiger partial charge in [0.05, 0.1) is 17.5 Å². The van der Waals surface area contributed by atoms with Gasteiger partial charge in [-0.25, -0.2) is 13.2 Å². The molecular weight excluding hydrogens is 254 g/mol. The number of ether oxygens (including phenoxy) is 1. The van der Waals surface area contributed by atoms with Crippen LogP contribution in [0.2, 0.25) is 0 Å². The van der Waals surface area contributed by atoms with Crippen molar-refractivity contribution in [2.75, 3.05) is 16.4 Å². The first-order valence-electron chi connectivity index (χ1n) is 5.73. The summed E-state index contributed by atoms with van der Waals surface area (Å²) in [6, 6.07) is 7.03. The van der Waals surface area contributed by atoms with E-state index in [1.165, 1.54) is 4.90 Å². The van der Waals surface area contributed by atoms with Crippen molar-refractivity contribution in [1.29, 1.82) is 0 Å². The summed E-state index contributed by atoms with van der Waals surface area (Å²) in [6.45, 7) is 1.92. The molecule has 1 amide bonds. The van der Waals surface area contributed by atoms with Crippen LogP contribution in [0.1, 0.15) is 5.56 Å². The van der Waals surface area contributed by atoms with E-state index in [0.717, 1.165) is 5.56 Å². The fourth-order valence-electron chi connectivity index (χ4n) is 2.55. The van der Waals surface area contributed by atoms with E-state index in [1.807, 2.05) is 25.1 Å². The number of rotatable bonds is 1. The number of hydrogen-bond donors (Lipinski definition) is 0. The molecule has 2 fully saturated rings. The van der Waals surface area contributed by atoms with Gasteiger partial charge in [-0.15, -0.1) is 0 Å². The van der Waals surface area contributed by atoms with E-state index in [4.69, 9.17) is 4.74 Å². The number of fused-ring (bicyclic) bond motifs is 1. The van der Waals surface area contributed by atoms with E-state index in [0.29, 0.717) is 5.69 Å². The van der Waals surface area contributed by atoms with E-state index in [-0.39, 0.29) is 17.5 Å². The van der Waals surface area contributed by atoms with Crippen molar-refractivity contribution in [3.63, 3.8) is 0 Å². The van der Waals surface area contributed by atoms with E-state index >= 15 is 0 Å². The van der Waals surface area contributed by atoms with Crippen molar-refractivity contribution < 1.29 is 17.9 Å². The number of nitrogens with zero attached hydrogens (tertiary/aromatic N) is 1. The minimum absolute atomic E-state index is 0.0165. The van der Waals surface area contributed by atoms with E-state index in [1.54, 1.807) is 6.07 Å². The molecule has 0 bridgehead atoms. The average Bonchev–Trinajstić information content (AvgIpc) is 2.68. The largest absolute Gasteiger partial charge is 0.442 e. The van der Waals surface area contributed by atoms with Crippen LogP contribution in [0.15, 0.2) is 24.3 Å². The molecule has 0 aliphatic carbocycles. The molecule has 6 heteroatoms. The second-order valence-electron chi connectivity index (χ2n) is 4.78. The maximum Gasteiger partial charge on any atom is 0.415 e. The van der Waals surface area contributed by atoms with Crippen LogP contribution in [-0.2, 0) is 14.6 Å². The topological polar surface area (TPSA) is 63.7 Å². The van der Waals surface area contributed by atoms with Gasteiger partial charge in [0.15, 0.2) is 9.84 Å². The molecule has 0 N–H and O–H groups in total. The van der Waals surface area contributed by atoms with Crippen LogP contribution in [0.25, 0.3) is 0 Å². The lowest BCUT2D eigenvalue weighted by Crippen LogP contribution is -2.36. The first-order valence-corrected chi connectivity index (χ1v) is 7.55. The van der Waals surface area contributed by atoms with Crippen LogP contribution in [0.5, 0.6) is 0 Å². The predicted octanol–water partition coefficient (Wildman–Crippen LogP) is 1.12. The summed E-state index contributed by atoms with van der Waals surface area (Å²) < 4.78 is 28.3. The van der Waals surface area contributed by atoms with Gasteiger partial charge in [0, 0.05) is 5.69 Å². The normalized spacial score (nSPS) is 29.2. The molecule has 96 valence electrons. The number of benzene rings is 1. The standard InChI is InChI=1S/C12H13NO4S/c1-8-3-2-4-9(5-8)13-10-6-18(15,16)7-11(10)17-12(13)14/h2-5,10-11H,6-7H2,1H3/t10-,11-/m0/s1. The highest BCUT2D eigenvalue weighted by molar-refractivity contribution is 7.91. The Balaban J connectivity index is 1.99. The minimum atomic E-state index is -3.10. The fraction of sp³-hybridized carbons (Fsp3) is 0.417. The second kappa shape index (κ2) is 3.71. The van der Waals surface area contributed by atoms with Gasteiger partial charge < -0.3 is 4.74 Å². The monoisotopic (exact) mass is 267 g/mol. The zero-order chi connectivity index (χ0) is 12.9. The molecule has 2 aliphatic rings. The number of aryl methyl sites for hydroxylation is 1. The lowest BCUT2D eigenvalue weighted by molar-refractivity contribution is 0.147. The summed E-state index contributed by atoms with van der Waals surface area (Å²) in [6.07, 6.45) is -0.978. The molecule has 0 saturated carbocycles. The number of hydrogen-bond acceptors (Lipinski definition) is 4. The Bertz CT molecular complexity index is 610. The third kappa shape index (κ3) is 1.77. The Morgan fingerprint density at radius 3 is 2.83 bits per heavy atom. The van der Waals surface area contributed by atoms with Crippen molar-refractivity contribution in [3.8, 4) is 0 Å². The van der Waals surface area contributed by atoms with Gasteiger partial charge in [0.2, 0.25) is 0 Å². The summed E-state index contributed by atoms with van der Waals surface area (Å²) in [4.78, 5) is 13.3. The van der Waals surface area contributed by atoms with Crippen LogP contribution < -0.4 is 4.90 Å². The van der Waals surface area contributed by atoms with Crippen LogP contribution >= 0.6 is 0 Å². The Labute approximate surface area is 105 Å². The Morgan fingerprint density at radius 1 is 1.33 bits per heavy atom. The SMILES string of the molecule is Cc1cccc(N2C(=O)O[C@H]3CS(=O)(=O)C[C@@H]32)c1. The number of amides is 1. The third-order valence-corrected chi connectivity index (χ3v) is 5.02. The molecule has 1 aromatic rings. The molecule has 0 spiro atoms. The van der Waals surface area contributed by atoms with Crippen LogP contribution in [-0.4, -0.2) is 38.2 Å². The Kier molecular flexibility index (Phi) is 2.38. The molecule has 1 aromatic carbocycles. The molecular formula is C12H13NO4S. The predicted molar refractivity (Wildman–Crippen MR) is 66.4 cm³/mol. The molecule has 18 heavy (non-hydrogen) atoms. The van der Waals surface area contributed by atoms with Crippen molar-refractivity contribution in [3.05, 3.63) is 29.8 Å². The molecule has 0 unspecified atom stereocenters. The lowest BCUT2D eigenvalue weighted by atomic mass is 10.1. The van der Waals surface area contributed by atoms with Gasteiger partial charge in [-0.2, -0.15) is 0 Å². The van der Waals surface area contributed by atoms with Gasteiger partial charge in [-0.05, 0) is 24.6 Å². The minimum Gasteiger partial charge on any atom is -0.442 e. The van der Waals surface area contributed by atoms with Gasteiger partial charge in [0.1, 0.15) is 6.10 Å². The third-order valence-electron chi connectivity index (χ3n) is 3.33. The number of anilines is 1. The zero-order valence-electron chi connectivity index (χ0n) is 9.87. The Morgan fingerprint density at radius 2 is 2.11 bits per heavy atom. The summed E-state index contributed by atoms with van der Waals surface area (Å²) >= 11 is 0. The fourth-order valence-corrected chi connectivity index (χ4v) is 4.36. The van der Waals surface area contributed by atoms with Crippen molar-refractivity contribution >= 4 is 21.6 Å². The summed E-state index contributed by atoms with van der Waals surface area (Å²) in [5, 5.41) is 0. The first kappa shape index (κ1) is 11.5. The van der Waals surface area contributed by atoms with E-state index < -0.39 is 22.0 Å². The molecule has 2 heterocycles. The van der Waals surface area contributed by atoms with Crippen LogP contribution in [0, 0.1) is 6.92 Å². The summed E-state index contributed by atoms with van der Waals surface area (Å²) in [5.74, 6) is -0.0803. The van der Waals surface area contributed by atoms with Gasteiger partial charge in [-0.3, -0.25) is 4.90 Å². The lowest BCUT2D eigenvalue weighted by Gasteiger charge is -2.19. The molecule has 3 rings (SSSR count). The first-order chi connectivity index (χ1) is 8.46. The zero-order valence-corrected chi connectivity index (χ0v) is 10.7. The van der Waals surface area contributed by atoms with Crippen molar-refractivity contribution in [1.82, 2.24) is 0 Å². The summed E-state index contributed by atoms with van der Waals surface area (Å²) in [5.41, 5.74) is 1.72. The molecule has 2 saturated heterocycles. The number of carbonyl (C=O) groups excluding carboxylic acids is 1. The maximum atomic E-state index is 11.8. The van der Waals surface area contributed by atoms with E-state index in [9.17, 15) is 13.2 Å². The van der Waals surface area contributed by atoms with Crippen molar-refractivity contribution in [2.24, 2.45) is 0 Å². The van der Waals surface area contributed by atoms with Crippen LogP contribution in [0.3, 0.4) is 0 Å². The highest BCUT2D eigenvalue weighted by Crippen LogP contribution is 2.32. The number of carbonyl (C=O) groups is 1. The van der Waals surface area contributed by atoms with Gasteiger partial charge >= 0.3 is 6.09 Å². The molecule has 2 atom stereocenters. The molecule has 0 radical (unpaired) electrons. The molecule has 2 aliphatic heterocycles. The smallest absolute Gasteiger partial charge is 0.415 e. The Hall–Kier alpha value is -1.56. The quantitative estimate of drug-likeness (QED) is 0.765. The van der Waals surface area contributed by atoms with Crippen molar-refractivity contribution in [2.45, 2.75) is 19.1 Å². The van der Waals surface area contributed by atoms with E-state index in [2.05, 4.69) is 0 Å². The van der Waals surface area contributed by atoms with Crippen LogP contribution in [0.4, 0.5) is 10.5 Å². The number of sulfone groups is 1. The molecule has 5 nitrogen and oxygen atoms in total. The summed E-state index contributed by atoms with van der Waals surface area (Å²) in [7, 11) is -3.10. The molecule has 0 aromatic heterocycles.